The van der Waals surface area contributed by atoms with E-state index in [1.54, 1.807) is 4.90 Å². The summed E-state index contributed by atoms with van der Waals surface area (Å²) in [4.78, 5) is 16.9. The first-order valence-corrected chi connectivity index (χ1v) is 12.6. The Morgan fingerprint density at radius 2 is 1.65 bits per heavy atom. The number of hydrogen-bond donors (Lipinski definition) is 0. The molecule has 0 aromatic heterocycles. The molecule has 1 aliphatic carbocycles. The molecule has 1 aliphatic heterocycles. The van der Waals surface area contributed by atoms with Gasteiger partial charge in [0.2, 0.25) is 15.9 Å². The van der Waals surface area contributed by atoms with Crippen LogP contribution in [0, 0.1) is 13.8 Å². The lowest BCUT2D eigenvalue weighted by atomic mass is 10.1. The number of benzene rings is 2. The molecule has 7 heteroatoms. The molecule has 2 aromatic rings. The van der Waals surface area contributed by atoms with E-state index in [2.05, 4.69) is 30.0 Å². The maximum Gasteiger partial charge on any atom is 0.239 e. The smallest absolute Gasteiger partial charge is 0.239 e. The van der Waals surface area contributed by atoms with Gasteiger partial charge in [-0.05, 0) is 49.9 Å². The number of rotatable bonds is 7. The Morgan fingerprint density at radius 3 is 2.26 bits per heavy atom. The molecule has 1 saturated heterocycles. The zero-order valence-corrected chi connectivity index (χ0v) is 19.1. The fourth-order valence-electron chi connectivity index (χ4n) is 4.08. The molecule has 6 nitrogen and oxygen atoms in total. The minimum absolute atomic E-state index is 0.169. The first kappa shape index (κ1) is 21.8. The number of amides is 1. The van der Waals surface area contributed by atoms with Gasteiger partial charge in [-0.15, -0.1) is 0 Å². The average molecular weight is 442 g/mol. The third-order valence-corrected chi connectivity index (χ3v) is 7.85. The van der Waals surface area contributed by atoms with Crippen molar-refractivity contribution in [3.8, 4) is 0 Å². The number of carbonyl (C=O) groups is 1. The Morgan fingerprint density at radius 1 is 0.968 bits per heavy atom. The number of aryl methyl sites for hydroxylation is 2. The minimum Gasteiger partial charge on any atom is -0.369 e. The third kappa shape index (κ3) is 5.46. The zero-order chi connectivity index (χ0) is 22.0. The highest BCUT2D eigenvalue weighted by molar-refractivity contribution is 7.89. The molecule has 166 valence electrons. The van der Waals surface area contributed by atoms with Crippen molar-refractivity contribution in [2.45, 2.75) is 39.3 Å². The van der Waals surface area contributed by atoms with E-state index in [1.165, 1.54) is 15.4 Å². The van der Waals surface area contributed by atoms with Crippen LogP contribution in [0.4, 0.5) is 5.69 Å². The van der Waals surface area contributed by atoms with Gasteiger partial charge in [-0.1, -0.05) is 42.0 Å². The van der Waals surface area contributed by atoms with E-state index in [-0.39, 0.29) is 11.9 Å². The van der Waals surface area contributed by atoms with Crippen LogP contribution in [0.25, 0.3) is 0 Å². The number of anilines is 1. The maximum atomic E-state index is 13.0. The third-order valence-electron chi connectivity index (χ3n) is 6.09. The molecule has 1 saturated carbocycles. The number of sulfonamides is 1. The van der Waals surface area contributed by atoms with E-state index in [1.807, 2.05) is 37.3 Å². The van der Waals surface area contributed by atoms with Crippen molar-refractivity contribution in [3.63, 3.8) is 0 Å². The second-order valence-corrected chi connectivity index (χ2v) is 10.7. The molecule has 0 radical (unpaired) electrons. The summed E-state index contributed by atoms with van der Waals surface area (Å²) in [6, 6.07) is 16.5. The van der Waals surface area contributed by atoms with Crippen molar-refractivity contribution in [2.75, 3.05) is 36.8 Å². The standard InChI is InChI=1S/C24H31N3O3S/c1-19-6-8-21(9-7-19)17-27(22-10-11-22)24(28)18-31(29,30)26-14-12-25(13-15-26)23-5-3-4-20(2)16-23/h3-9,16,22H,10-15,17-18H2,1-2H3. The van der Waals surface area contributed by atoms with E-state index in [0.717, 1.165) is 24.1 Å². The molecule has 1 heterocycles. The van der Waals surface area contributed by atoms with Gasteiger partial charge < -0.3 is 9.80 Å². The van der Waals surface area contributed by atoms with E-state index in [0.29, 0.717) is 32.7 Å². The SMILES string of the molecule is Cc1ccc(CN(C(=O)CS(=O)(=O)N2CCN(c3cccc(C)c3)CC2)C2CC2)cc1. The summed E-state index contributed by atoms with van der Waals surface area (Å²) in [6.45, 7) is 6.63. The van der Waals surface area contributed by atoms with Gasteiger partial charge in [-0.25, -0.2) is 8.42 Å². The lowest BCUT2D eigenvalue weighted by Gasteiger charge is -2.35. The van der Waals surface area contributed by atoms with Crippen molar-refractivity contribution >= 4 is 21.6 Å². The van der Waals surface area contributed by atoms with E-state index in [4.69, 9.17) is 0 Å². The number of piperazine rings is 1. The van der Waals surface area contributed by atoms with Crippen LogP contribution in [0.3, 0.4) is 0 Å². The van der Waals surface area contributed by atoms with Gasteiger partial charge in [0, 0.05) is 44.5 Å². The highest BCUT2D eigenvalue weighted by Crippen LogP contribution is 2.29. The predicted molar refractivity (Wildman–Crippen MR) is 124 cm³/mol. The molecule has 0 spiro atoms. The van der Waals surface area contributed by atoms with Gasteiger partial charge in [-0.3, -0.25) is 4.79 Å². The highest BCUT2D eigenvalue weighted by Gasteiger charge is 2.36. The molecular formula is C24H31N3O3S. The molecule has 0 unspecified atom stereocenters. The first-order chi connectivity index (χ1) is 14.8. The number of nitrogens with zero attached hydrogens (tertiary/aromatic N) is 3. The number of hydrogen-bond acceptors (Lipinski definition) is 4. The Kier molecular flexibility index (Phi) is 6.34. The van der Waals surface area contributed by atoms with Crippen LogP contribution in [-0.2, 0) is 21.4 Å². The van der Waals surface area contributed by atoms with Gasteiger partial charge >= 0.3 is 0 Å². The van der Waals surface area contributed by atoms with Crippen LogP contribution >= 0.6 is 0 Å². The quantitative estimate of drug-likeness (QED) is 0.663. The summed E-state index contributed by atoms with van der Waals surface area (Å²) in [5.41, 5.74) is 4.51. The Balaban J connectivity index is 1.37. The van der Waals surface area contributed by atoms with Crippen molar-refractivity contribution < 1.29 is 13.2 Å². The molecule has 0 N–H and O–H groups in total. The monoisotopic (exact) mass is 441 g/mol. The highest BCUT2D eigenvalue weighted by atomic mass is 32.2. The maximum absolute atomic E-state index is 13.0. The Bertz CT molecular complexity index is 1020. The van der Waals surface area contributed by atoms with Gasteiger partial charge in [0.1, 0.15) is 5.75 Å². The van der Waals surface area contributed by atoms with E-state index >= 15 is 0 Å². The van der Waals surface area contributed by atoms with Crippen LogP contribution in [-0.4, -0.2) is 61.5 Å². The summed E-state index contributed by atoms with van der Waals surface area (Å²) >= 11 is 0. The molecule has 0 atom stereocenters. The van der Waals surface area contributed by atoms with Crippen LogP contribution in [0.2, 0.25) is 0 Å². The first-order valence-electron chi connectivity index (χ1n) is 11.0. The molecular weight excluding hydrogens is 410 g/mol. The molecule has 0 bridgehead atoms. The van der Waals surface area contributed by atoms with E-state index in [9.17, 15) is 13.2 Å². The van der Waals surface area contributed by atoms with Crippen molar-refractivity contribution in [1.82, 2.24) is 9.21 Å². The van der Waals surface area contributed by atoms with E-state index < -0.39 is 15.8 Å². The second-order valence-electron chi connectivity index (χ2n) is 8.72. The number of carbonyl (C=O) groups excluding carboxylic acids is 1. The zero-order valence-electron chi connectivity index (χ0n) is 18.3. The molecule has 4 rings (SSSR count). The lowest BCUT2D eigenvalue weighted by molar-refractivity contribution is -0.129. The topological polar surface area (TPSA) is 60.9 Å². The fraction of sp³-hybridized carbons (Fsp3) is 0.458. The van der Waals surface area contributed by atoms with Crippen LogP contribution in [0.15, 0.2) is 48.5 Å². The van der Waals surface area contributed by atoms with Gasteiger partial charge in [0.05, 0.1) is 0 Å². The molecule has 2 aliphatic rings. The minimum atomic E-state index is -3.63. The molecule has 2 aromatic carbocycles. The van der Waals surface area contributed by atoms with Crippen LogP contribution < -0.4 is 4.90 Å². The Labute approximate surface area is 185 Å². The fourth-order valence-corrected chi connectivity index (χ4v) is 5.46. The van der Waals surface area contributed by atoms with Gasteiger partial charge in [0.15, 0.2) is 0 Å². The van der Waals surface area contributed by atoms with Crippen molar-refractivity contribution in [2.24, 2.45) is 0 Å². The van der Waals surface area contributed by atoms with Gasteiger partial charge in [0.25, 0.3) is 0 Å². The second kappa shape index (κ2) is 9.01. The van der Waals surface area contributed by atoms with Crippen molar-refractivity contribution in [3.05, 3.63) is 65.2 Å². The lowest BCUT2D eigenvalue weighted by Crippen LogP contribution is -2.51. The summed E-state index contributed by atoms with van der Waals surface area (Å²) in [7, 11) is -3.63. The molecule has 2 fully saturated rings. The van der Waals surface area contributed by atoms with Gasteiger partial charge in [-0.2, -0.15) is 4.31 Å². The van der Waals surface area contributed by atoms with Crippen LogP contribution in [0.5, 0.6) is 0 Å². The Hall–Kier alpha value is -2.38. The summed E-state index contributed by atoms with van der Waals surface area (Å²) in [5, 5.41) is 0. The molecule has 1 amide bonds. The molecule has 31 heavy (non-hydrogen) atoms. The largest absolute Gasteiger partial charge is 0.369 e. The normalized spacial score (nSPS) is 17.5. The van der Waals surface area contributed by atoms with Crippen LogP contribution in [0.1, 0.15) is 29.5 Å². The summed E-state index contributed by atoms with van der Waals surface area (Å²) in [5.74, 6) is -0.732. The summed E-state index contributed by atoms with van der Waals surface area (Å²) < 4.78 is 27.5. The van der Waals surface area contributed by atoms with Crippen molar-refractivity contribution in [1.29, 1.82) is 0 Å². The average Bonchev–Trinajstić information content (AvgIpc) is 3.58. The predicted octanol–water partition coefficient (Wildman–Crippen LogP) is 2.95. The summed E-state index contributed by atoms with van der Waals surface area (Å²) in [6.07, 6.45) is 1.90.